The second-order valence-corrected chi connectivity index (χ2v) is 6.78. The molecule has 1 aliphatic rings. The number of H-pyrrole nitrogens is 1. The molecule has 1 nitrogen and oxygen atoms in total. The molecular weight excluding hydrogens is 266 g/mol. The van der Waals surface area contributed by atoms with Crippen molar-refractivity contribution in [2.75, 3.05) is 0 Å². The molecule has 4 rings (SSSR count). The maximum atomic E-state index is 3.57. The highest BCUT2D eigenvalue weighted by atomic mass is 14.7. The fraction of sp³-hybridized carbons (Fsp3) is 0.238. The van der Waals surface area contributed by atoms with E-state index in [9.17, 15) is 0 Å². The predicted octanol–water partition coefficient (Wildman–Crippen LogP) is 5.96. The minimum atomic E-state index is 0.0940. The van der Waals surface area contributed by atoms with E-state index in [1.165, 1.54) is 44.1 Å². The number of allylic oxidation sites excluding steroid dienone is 4. The van der Waals surface area contributed by atoms with Gasteiger partial charge in [-0.1, -0.05) is 49.8 Å². The molecule has 1 heteroatoms. The maximum Gasteiger partial charge on any atom is 0.0471 e. The van der Waals surface area contributed by atoms with Gasteiger partial charge < -0.3 is 4.98 Å². The molecular formula is C21H21N. The molecule has 0 saturated carbocycles. The van der Waals surface area contributed by atoms with Crippen LogP contribution in [-0.4, -0.2) is 4.98 Å². The summed E-state index contributed by atoms with van der Waals surface area (Å²) >= 11 is 0. The van der Waals surface area contributed by atoms with E-state index >= 15 is 0 Å². The summed E-state index contributed by atoms with van der Waals surface area (Å²) in [5.41, 5.74) is 8.19. The smallest absolute Gasteiger partial charge is 0.0471 e. The summed E-state index contributed by atoms with van der Waals surface area (Å²) in [5.74, 6) is 0. The second kappa shape index (κ2) is 4.36. The highest BCUT2D eigenvalue weighted by Crippen LogP contribution is 2.48. The van der Waals surface area contributed by atoms with Gasteiger partial charge in [-0.25, -0.2) is 0 Å². The monoisotopic (exact) mass is 287 g/mol. The topological polar surface area (TPSA) is 15.8 Å². The van der Waals surface area contributed by atoms with Crippen molar-refractivity contribution in [3.05, 3.63) is 65.3 Å². The minimum absolute atomic E-state index is 0.0940. The predicted molar refractivity (Wildman–Crippen MR) is 96.2 cm³/mol. The van der Waals surface area contributed by atoms with Crippen molar-refractivity contribution in [1.82, 2.24) is 4.98 Å². The Kier molecular flexibility index (Phi) is 2.65. The zero-order valence-electron chi connectivity index (χ0n) is 13.6. The number of aromatic nitrogens is 1. The molecule has 0 bridgehead atoms. The van der Waals surface area contributed by atoms with Crippen LogP contribution in [0.4, 0.5) is 0 Å². The van der Waals surface area contributed by atoms with Crippen LogP contribution in [0, 0.1) is 0 Å². The van der Waals surface area contributed by atoms with E-state index in [0.29, 0.717) is 0 Å². The zero-order chi connectivity index (χ0) is 15.5. The van der Waals surface area contributed by atoms with Crippen molar-refractivity contribution < 1.29 is 0 Å². The van der Waals surface area contributed by atoms with Crippen molar-refractivity contribution in [3.63, 3.8) is 0 Å². The number of hydrogen-bond donors (Lipinski definition) is 1. The largest absolute Gasteiger partial charge is 0.354 e. The molecule has 0 spiro atoms. The fourth-order valence-electron chi connectivity index (χ4n) is 3.76. The third-order valence-electron chi connectivity index (χ3n) is 5.28. The van der Waals surface area contributed by atoms with Crippen LogP contribution < -0.4 is 0 Å². The number of hydrogen-bond acceptors (Lipinski definition) is 0. The lowest BCUT2D eigenvalue weighted by Gasteiger charge is -2.22. The van der Waals surface area contributed by atoms with Crippen LogP contribution in [-0.2, 0) is 5.41 Å². The Bertz CT molecular complexity index is 964. The van der Waals surface area contributed by atoms with Gasteiger partial charge in [-0.15, -0.1) is 0 Å². The third kappa shape index (κ3) is 1.60. The average Bonchev–Trinajstić information content (AvgIpc) is 2.95. The second-order valence-electron chi connectivity index (χ2n) is 6.78. The molecule has 0 saturated heterocycles. The molecule has 1 N–H and O–H groups in total. The van der Waals surface area contributed by atoms with Crippen LogP contribution in [0.1, 0.15) is 38.8 Å². The molecule has 1 aromatic heterocycles. The molecule has 0 radical (unpaired) electrons. The van der Waals surface area contributed by atoms with Gasteiger partial charge >= 0.3 is 0 Å². The van der Waals surface area contributed by atoms with Gasteiger partial charge in [0.25, 0.3) is 0 Å². The van der Waals surface area contributed by atoms with Crippen LogP contribution in [0.15, 0.2) is 54.1 Å². The molecule has 110 valence electrons. The van der Waals surface area contributed by atoms with Crippen LogP contribution in [0.5, 0.6) is 0 Å². The van der Waals surface area contributed by atoms with E-state index in [2.05, 4.69) is 81.2 Å². The summed E-state index contributed by atoms with van der Waals surface area (Å²) in [7, 11) is 0. The SMILES string of the molecule is C/C=C\C1=C(C)C(C)(C)c2cc3c(cc21)[nH]c1ccccc13. The molecule has 2 aromatic carbocycles. The van der Waals surface area contributed by atoms with Gasteiger partial charge in [-0.3, -0.25) is 0 Å². The first-order valence-corrected chi connectivity index (χ1v) is 7.93. The van der Waals surface area contributed by atoms with Gasteiger partial charge in [-0.2, -0.15) is 0 Å². The van der Waals surface area contributed by atoms with Gasteiger partial charge in [0.05, 0.1) is 0 Å². The molecule has 0 aliphatic heterocycles. The lowest BCUT2D eigenvalue weighted by Crippen LogP contribution is -2.15. The molecule has 1 heterocycles. The normalized spacial score (nSPS) is 17.1. The van der Waals surface area contributed by atoms with Crippen LogP contribution >= 0.6 is 0 Å². The summed E-state index contributed by atoms with van der Waals surface area (Å²) in [5, 5.41) is 2.64. The minimum Gasteiger partial charge on any atom is -0.354 e. The number of para-hydroxylation sites is 1. The Balaban J connectivity index is 2.11. The number of fused-ring (bicyclic) bond motifs is 4. The summed E-state index contributed by atoms with van der Waals surface area (Å²) in [4.78, 5) is 3.57. The zero-order valence-corrected chi connectivity index (χ0v) is 13.6. The van der Waals surface area contributed by atoms with Crippen molar-refractivity contribution >= 4 is 27.4 Å². The fourth-order valence-corrected chi connectivity index (χ4v) is 3.76. The van der Waals surface area contributed by atoms with Gasteiger partial charge in [0.2, 0.25) is 0 Å². The Labute approximate surface area is 131 Å². The first-order chi connectivity index (χ1) is 10.5. The van der Waals surface area contributed by atoms with Crippen molar-refractivity contribution in [2.45, 2.75) is 33.1 Å². The first-order valence-electron chi connectivity index (χ1n) is 7.93. The Hall–Kier alpha value is -2.28. The number of benzene rings is 2. The van der Waals surface area contributed by atoms with Gasteiger partial charge in [-0.05, 0) is 48.7 Å². The number of aromatic amines is 1. The molecule has 0 fully saturated rings. The van der Waals surface area contributed by atoms with E-state index in [-0.39, 0.29) is 5.41 Å². The highest BCUT2D eigenvalue weighted by Gasteiger charge is 2.34. The van der Waals surface area contributed by atoms with Gasteiger partial charge in [0.15, 0.2) is 0 Å². The average molecular weight is 287 g/mol. The number of rotatable bonds is 1. The van der Waals surface area contributed by atoms with Crippen LogP contribution in [0.2, 0.25) is 0 Å². The first kappa shape index (κ1) is 13.4. The summed E-state index contributed by atoms with van der Waals surface area (Å²) < 4.78 is 0. The summed E-state index contributed by atoms with van der Waals surface area (Å²) in [6.45, 7) is 9.02. The molecule has 0 unspecified atom stereocenters. The summed E-state index contributed by atoms with van der Waals surface area (Å²) in [6.07, 6.45) is 4.39. The Morgan fingerprint density at radius 3 is 2.55 bits per heavy atom. The molecule has 22 heavy (non-hydrogen) atoms. The maximum absolute atomic E-state index is 3.57. The molecule has 0 atom stereocenters. The lowest BCUT2D eigenvalue weighted by atomic mass is 9.81. The highest BCUT2D eigenvalue weighted by molar-refractivity contribution is 6.09. The molecule has 3 aromatic rings. The van der Waals surface area contributed by atoms with Crippen LogP contribution in [0.3, 0.4) is 0 Å². The van der Waals surface area contributed by atoms with Gasteiger partial charge in [0.1, 0.15) is 0 Å². The van der Waals surface area contributed by atoms with Crippen molar-refractivity contribution in [1.29, 1.82) is 0 Å². The van der Waals surface area contributed by atoms with Gasteiger partial charge in [0, 0.05) is 27.2 Å². The van der Waals surface area contributed by atoms with E-state index in [0.717, 1.165) is 0 Å². The van der Waals surface area contributed by atoms with Crippen molar-refractivity contribution in [3.8, 4) is 0 Å². The standard InChI is InChI=1S/C21H21N/c1-5-8-14-13(2)21(3,4)18-11-17-15-9-6-7-10-19(15)22-20(17)12-16(14)18/h5-12,22H,1-4H3/b8-5-. The lowest BCUT2D eigenvalue weighted by molar-refractivity contribution is 0.640. The van der Waals surface area contributed by atoms with E-state index < -0.39 is 0 Å². The van der Waals surface area contributed by atoms with E-state index in [4.69, 9.17) is 0 Å². The van der Waals surface area contributed by atoms with E-state index in [1.807, 2.05) is 0 Å². The van der Waals surface area contributed by atoms with Crippen molar-refractivity contribution in [2.24, 2.45) is 0 Å². The molecule has 1 aliphatic carbocycles. The van der Waals surface area contributed by atoms with E-state index in [1.54, 1.807) is 0 Å². The Morgan fingerprint density at radius 1 is 1.00 bits per heavy atom. The molecule has 0 amide bonds. The quantitative estimate of drug-likeness (QED) is 0.568. The third-order valence-corrected chi connectivity index (χ3v) is 5.28. The number of nitrogens with one attached hydrogen (secondary N) is 1. The Morgan fingerprint density at radius 2 is 1.77 bits per heavy atom. The summed E-state index contributed by atoms with van der Waals surface area (Å²) in [6, 6.07) is 13.3. The van der Waals surface area contributed by atoms with Crippen LogP contribution in [0.25, 0.3) is 27.4 Å².